The molecule has 1 aromatic carbocycles. The highest BCUT2D eigenvalue weighted by Crippen LogP contribution is 2.31. The highest BCUT2D eigenvalue weighted by molar-refractivity contribution is 7.86. The average Bonchev–Trinajstić information content (AvgIpc) is 3.43. The minimum Gasteiger partial charge on any atom is -0.741 e. The van der Waals surface area contributed by atoms with Gasteiger partial charge in [-0.15, -0.1) is 4.57 Å². The van der Waals surface area contributed by atoms with Crippen molar-refractivity contribution in [3.05, 3.63) is 58.7 Å². The Morgan fingerprint density at radius 3 is 1.81 bits per heavy atom. The molecule has 0 bridgehead atoms. The molecule has 0 N–H and O–H groups in total. The van der Waals surface area contributed by atoms with Crippen LogP contribution in [0.25, 0.3) is 0 Å². The Balaban J connectivity index is 0.000000968. The van der Waals surface area contributed by atoms with Gasteiger partial charge in [-0.3, -0.25) is 29.3 Å². The first-order chi connectivity index (χ1) is 23.9. The van der Waals surface area contributed by atoms with Crippen molar-refractivity contribution in [2.45, 2.75) is 70.5 Å². The first-order valence-corrected chi connectivity index (χ1v) is 15.7. The zero-order valence-corrected chi connectivity index (χ0v) is 29.0. The summed E-state index contributed by atoms with van der Waals surface area (Å²) >= 11 is 0. The van der Waals surface area contributed by atoms with E-state index in [1.165, 1.54) is 11.5 Å². The molecular weight excluding hydrogens is 739 g/mol. The zero-order chi connectivity index (χ0) is 40.0. The predicted molar refractivity (Wildman–Crippen MR) is 159 cm³/mol. The third-order valence-corrected chi connectivity index (χ3v) is 6.32. The monoisotopic (exact) mass is 773 g/mol. The van der Waals surface area contributed by atoms with Crippen LogP contribution in [0.1, 0.15) is 33.3 Å². The van der Waals surface area contributed by atoms with Crippen LogP contribution in [0.2, 0.25) is 0 Å². The highest BCUT2D eigenvalue weighted by Gasteiger charge is 2.53. The van der Waals surface area contributed by atoms with Crippen molar-refractivity contribution in [3.8, 4) is 5.75 Å². The van der Waals surface area contributed by atoms with E-state index >= 15 is 0 Å². The number of benzene rings is 1. The van der Waals surface area contributed by atoms with E-state index in [0.29, 0.717) is 5.56 Å². The van der Waals surface area contributed by atoms with Gasteiger partial charge in [0.25, 0.3) is 6.33 Å². The second-order valence-corrected chi connectivity index (χ2v) is 11.6. The van der Waals surface area contributed by atoms with E-state index in [9.17, 15) is 37.1 Å². The molecule has 1 fully saturated rings. The van der Waals surface area contributed by atoms with Crippen molar-refractivity contribution in [2.75, 3.05) is 13.7 Å². The van der Waals surface area contributed by atoms with Gasteiger partial charge in [-0.05, 0) is 17.7 Å². The molecule has 2 aromatic rings. The van der Waals surface area contributed by atoms with Gasteiger partial charge in [-0.25, -0.2) is 13.0 Å². The van der Waals surface area contributed by atoms with Crippen LogP contribution < -0.4 is 9.30 Å². The molecule has 2 unspecified atom stereocenters. The molecule has 0 spiro atoms. The molecule has 20 nitrogen and oxygen atoms in total. The van der Waals surface area contributed by atoms with Crippen LogP contribution in [0.5, 0.6) is 5.75 Å². The fraction of sp³-hybridized carbons (Fsp3) is 0.500. The molecule has 0 aliphatic carbocycles. The molecule has 0 radical (unpaired) electrons. The van der Waals surface area contributed by atoms with Crippen LogP contribution in [-0.2, 0) is 71.4 Å². The number of alkyl halides is 3. The molecule has 1 aliphatic rings. The number of hydrogen-bond donors (Lipinski definition) is 0. The summed E-state index contributed by atoms with van der Waals surface area (Å²) in [6.07, 6.45) is -2.23. The summed E-state index contributed by atoms with van der Waals surface area (Å²) in [6.45, 7) is 4.19. The molecule has 1 aliphatic heterocycles. The Morgan fingerprint density at radius 2 is 1.38 bits per heavy atom. The molecule has 0 saturated carbocycles. The summed E-state index contributed by atoms with van der Waals surface area (Å²) in [5.41, 5.74) is -4.99. The lowest BCUT2D eigenvalue weighted by atomic mass is 9.98. The van der Waals surface area contributed by atoms with Crippen LogP contribution in [0.3, 0.4) is 0 Å². The minimum absolute atomic E-state index is 0.0138. The van der Waals surface area contributed by atoms with Crippen molar-refractivity contribution in [1.29, 1.82) is 0 Å². The number of nitrogens with zero attached hydrogens (tertiary/aromatic N) is 3. The van der Waals surface area contributed by atoms with Crippen LogP contribution in [0.15, 0.2) is 43.0 Å². The number of nitro groups is 1. The van der Waals surface area contributed by atoms with Gasteiger partial charge in [0.2, 0.25) is 12.4 Å². The lowest BCUT2D eigenvalue weighted by Crippen LogP contribution is -2.63. The van der Waals surface area contributed by atoms with E-state index in [1.54, 1.807) is 54.6 Å². The van der Waals surface area contributed by atoms with E-state index in [1.807, 2.05) is 0 Å². The van der Waals surface area contributed by atoms with E-state index in [-0.39, 0.29) is 19.0 Å². The number of hydrogen-bond acceptors (Lipinski definition) is 17. The Kier molecular flexibility index (Phi) is 17.1. The van der Waals surface area contributed by atoms with Gasteiger partial charge in [0, 0.05) is 32.6 Å². The summed E-state index contributed by atoms with van der Waals surface area (Å²) in [5, 5.41) is 8.81. The van der Waals surface area contributed by atoms with Gasteiger partial charge in [0.15, 0.2) is 29.4 Å². The highest BCUT2D eigenvalue weighted by atomic mass is 32.2. The lowest BCUT2D eigenvalue weighted by Gasteiger charge is -2.43. The SMILES string of the molecule is CC(=O)OCC1O[C@@H](Oc2ccc(COC(=O)n3cc[n+](C)c3)cc2)[C@@H](OC(C)=O)C(OC(C)=O)[C@@H]1OC(C)=O.C[N+](=O)[O-].O=S(=O)([O-])C(F)(F)F. The normalized spacial score (nSPS) is 19.5. The van der Waals surface area contributed by atoms with Crippen molar-refractivity contribution in [1.82, 2.24) is 4.57 Å². The number of carbonyl (C=O) groups is 5. The van der Waals surface area contributed by atoms with Gasteiger partial charge < -0.3 is 37.7 Å². The fourth-order valence-corrected chi connectivity index (χ4v) is 3.86. The minimum atomic E-state index is -6.09. The number of halogens is 3. The maximum absolute atomic E-state index is 12.2. The van der Waals surface area contributed by atoms with Crippen LogP contribution in [-0.4, -0.2) is 102 Å². The first-order valence-electron chi connectivity index (χ1n) is 14.3. The summed E-state index contributed by atoms with van der Waals surface area (Å²) in [7, 11) is -3.43. The Morgan fingerprint density at radius 1 is 0.904 bits per heavy atom. The van der Waals surface area contributed by atoms with Crippen molar-refractivity contribution < 1.29 is 92.8 Å². The second-order valence-electron chi connectivity index (χ2n) is 10.2. The molecule has 3 rings (SSSR count). The Hall–Kier alpha value is -5.36. The molecule has 0 amide bonds. The van der Waals surface area contributed by atoms with Gasteiger partial charge >= 0.3 is 35.5 Å². The Labute approximate surface area is 293 Å². The van der Waals surface area contributed by atoms with E-state index < -0.39 is 81.2 Å². The van der Waals surface area contributed by atoms with Crippen molar-refractivity contribution in [2.24, 2.45) is 7.05 Å². The van der Waals surface area contributed by atoms with Gasteiger partial charge in [-0.2, -0.15) is 18.0 Å². The van der Waals surface area contributed by atoms with Crippen LogP contribution >= 0.6 is 0 Å². The zero-order valence-electron chi connectivity index (χ0n) is 28.2. The number of rotatable bonds is 9. The number of aromatic nitrogens is 2. The fourth-order valence-electron chi connectivity index (χ4n) is 3.86. The summed E-state index contributed by atoms with van der Waals surface area (Å²) in [4.78, 5) is 67.7. The van der Waals surface area contributed by atoms with E-state index in [4.69, 9.17) is 56.2 Å². The topological polar surface area (TPSA) is 259 Å². The number of imidazole rings is 1. The van der Waals surface area contributed by atoms with Gasteiger partial charge in [0.1, 0.15) is 37.5 Å². The molecule has 290 valence electrons. The predicted octanol–water partition coefficient (Wildman–Crippen LogP) is 0.904. The van der Waals surface area contributed by atoms with Gasteiger partial charge in [0.05, 0.1) is 7.05 Å². The smallest absolute Gasteiger partial charge is 0.511 e. The van der Waals surface area contributed by atoms with E-state index in [0.717, 1.165) is 27.8 Å². The maximum Gasteiger partial charge on any atom is 0.511 e. The standard InChI is InChI=1S/C26H31N2O12.CHF3O3S.CH3NO2/c1-15(29)34-13-21-22(36-16(2)30)23(37-17(3)31)24(38-18(4)32)25(40-21)39-20-8-6-19(7-9-20)12-35-26(33)28-11-10-27(5)14-28;2-1(3,4)8(5,6)7;1-2(3)4/h6-11,14,21-25H,12-13H2,1-5H3;(H,5,6,7);1H3/q+1;;/p-1/t21?,22-,23?,24+,25-;;/m1../s1. The summed E-state index contributed by atoms with van der Waals surface area (Å²) < 4.78 is 100. The number of aryl methyl sites for hydroxylation is 1. The van der Waals surface area contributed by atoms with Crippen molar-refractivity contribution >= 4 is 40.1 Å². The summed E-state index contributed by atoms with van der Waals surface area (Å²) in [5.74, 6) is -2.60. The van der Waals surface area contributed by atoms with Crippen LogP contribution in [0.4, 0.5) is 18.0 Å². The lowest BCUT2D eigenvalue weighted by molar-refractivity contribution is -0.670. The number of ether oxygens (including phenoxy) is 7. The maximum atomic E-state index is 12.2. The van der Waals surface area contributed by atoms with E-state index in [2.05, 4.69) is 0 Å². The third-order valence-electron chi connectivity index (χ3n) is 5.75. The molecule has 5 atom stereocenters. The third kappa shape index (κ3) is 16.1. The largest absolute Gasteiger partial charge is 0.741 e. The molecule has 52 heavy (non-hydrogen) atoms. The molecule has 1 saturated heterocycles. The molecule has 2 heterocycles. The first kappa shape index (κ1) is 44.7. The Bertz CT molecular complexity index is 1660. The molecule has 24 heteroatoms. The second kappa shape index (κ2) is 19.9. The number of carbonyl (C=O) groups excluding carboxylic acids is 5. The van der Waals surface area contributed by atoms with Gasteiger partial charge in [-0.1, -0.05) is 12.1 Å². The molecule has 1 aromatic heterocycles. The quantitative estimate of drug-likeness (QED) is 0.0652. The number of esters is 4. The summed E-state index contributed by atoms with van der Waals surface area (Å²) in [6, 6.07) is 6.41. The van der Waals surface area contributed by atoms with Crippen molar-refractivity contribution in [3.63, 3.8) is 0 Å². The average molecular weight is 774 g/mol. The van der Waals surface area contributed by atoms with Crippen LogP contribution in [0, 0.1) is 10.1 Å². The molecular formula is C28H34F3N3O17S.